The second kappa shape index (κ2) is 6.11. The van der Waals surface area contributed by atoms with Gasteiger partial charge < -0.3 is 0 Å². The molecule has 0 aliphatic heterocycles. The molecule has 0 unspecified atom stereocenters. The summed E-state index contributed by atoms with van der Waals surface area (Å²) in [6.07, 6.45) is 0.470. The molecule has 0 amide bonds. The minimum atomic E-state index is -0.332. The van der Waals surface area contributed by atoms with Crippen LogP contribution in [-0.4, -0.2) is 5.78 Å². The van der Waals surface area contributed by atoms with Crippen LogP contribution in [0.2, 0.25) is 0 Å². The summed E-state index contributed by atoms with van der Waals surface area (Å²) in [6, 6.07) is 12.4. The topological polar surface area (TPSA) is 17.1 Å². The van der Waals surface area contributed by atoms with Gasteiger partial charge in [0.25, 0.3) is 0 Å². The third-order valence-corrected chi connectivity index (χ3v) is 3.54. The zero-order valence-corrected chi connectivity index (χ0v) is 12.2. The standard InChI is InChI=1S/C16H14BrFO/c1-11-4-2-3-5-12(11)9-15(19)10-13-8-14(17)6-7-16(13)18/h2-8H,9-10H2,1H3. The Labute approximate surface area is 120 Å². The van der Waals surface area contributed by atoms with Gasteiger partial charge in [0.2, 0.25) is 0 Å². The van der Waals surface area contributed by atoms with Crippen LogP contribution in [0.5, 0.6) is 0 Å². The summed E-state index contributed by atoms with van der Waals surface area (Å²) in [4.78, 5) is 12.0. The molecule has 0 fully saturated rings. The monoisotopic (exact) mass is 320 g/mol. The maximum absolute atomic E-state index is 13.6. The van der Waals surface area contributed by atoms with Crippen LogP contribution in [0.3, 0.4) is 0 Å². The molecule has 0 bridgehead atoms. The minimum Gasteiger partial charge on any atom is -0.299 e. The molecule has 0 aliphatic carbocycles. The lowest BCUT2D eigenvalue weighted by molar-refractivity contribution is -0.117. The van der Waals surface area contributed by atoms with E-state index in [-0.39, 0.29) is 18.0 Å². The lowest BCUT2D eigenvalue weighted by Crippen LogP contribution is -2.08. The molecule has 0 radical (unpaired) electrons. The predicted octanol–water partition coefficient (Wildman–Crippen LogP) is 4.25. The number of hydrogen-bond donors (Lipinski definition) is 0. The first-order valence-electron chi connectivity index (χ1n) is 6.06. The third kappa shape index (κ3) is 3.74. The fraction of sp³-hybridized carbons (Fsp3) is 0.188. The number of aryl methyl sites for hydroxylation is 1. The fourth-order valence-corrected chi connectivity index (χ4v) is 2.38. The summed E-state index contributed by atoms with van der Waals surface area (Å²) >= 11 is 3.29. The molecule has 19 heavy (non-hydrogen) atoms. The van der Waals surface area contributed by atoms with Crippen molar-refractivity contribution in [3.8, 4) is 0 Å². The number of Topliss-reactive ketones (excluding diaryl/α,β-unsaturated/α-hetero) is 1. The maximum atomic E-state index is 13.6. The number of ketones is 1. The Kier molecular flexibility index (Phi) is 4.48. The van der Waals surface area contributed by atoms with Gasteiger partial charge in [0.15, 0.2) is 0 Å². The third-order valence-electron chi connectivity index (χ3n) is 3.04. The number of rotatable bonds is 4. The van der Waals surface area contributed by atoms with Crippen LogP contribution in [0.1, 0.15) is 16.7 Å². The van der Waals surface area contributed by atoms with Crippen molar-refractivity contribution in [2.75, 3.05) is 0 Å². The van der Waals surface area contributed by atoms with Crippen LogP contribution in [-0.2, 0) is 17.6 Å². The van der Waals surface area contributed by atoms with Crippen molar-refractivity contribution in [2.24, 2.45) is 0 Å². The van der Waals surface area contributed by atoms with Gasteiger partial charge in [0.05, 0.1) is 0 Å². The average molecular weight is 321 g/mol. The molecule has 3 heteroatoms. The van der Waals surface area contributed by atoms with Crippen LogP contribution in [0.4, 0.5) is 4.39 Å². The molecule has 0 spiro atoms. The molecular formula is C16H14BrFO. The van der Waals surface area contributed by atoms with Crippen LogP contribution in [0.25, 0.3) is 0 Å². The smallest absolute Gasteiger partial charge is 0.141 e. The number of carbonyl (C=O) groups excluding carboxylic acids is 1. The Morgan fingerprint density at radius 1 is 1.11 bits per heavy atom. The van der Waals surface area contributed by atoms with E-state index in [0.717, 1.165) is 15.6 Å². The van der Waals surface area contributed by atoms with Crippen molar-refractivity contribution in [3.63, 3.8) is 0 Å². The van der Waals surface area contributed by atoms with Crippen molar-refractivity contribution >= 4 is 21.7 Å². The molecule has 0 aliphatic rings. The van der Waals surface area contributed by atoms with Gasteiger partial charge >= 0.3 is 0 Å². The van der Waals surface area contributed by atoms with Crippen LogP contribution < -0.4 is 0 Å². The summed E-state index contributed by atoms with van der Waals surface area (Å²) in [7, 11) is 0. The Hall–Kier alpha value is -1.48. The van der Waals surface area contributed by atoms with Gasteiger partial charge in [-0.1, -0.05) is 40.2 Å². The molecule has 2 aromatic carbocycles. The van der Waals surface area contributed by atoms with Crippen LogP contribution in [0, 0.1) is 12.7 Å². The summed E-state index contributed by atoms with van der Waals surface area (Å²) in [6.45, 7) is 1.97. The van der Waals surface area contributed by atoms with E-state index in [2.05, 4.69) is 15.9 Å². The largest absolute Gasteiger partial charge is 0.299 e. The first kappa shape index (κ1) is 13.9. The van der Waals surface area contributed by atoms with Gasteiger partial charge in [-0.25, -0.2) is 4.39 Å². The maximum Gasteiger partial charge on any atom is 0.141 e. The van der Waals surface area contributed by atoms with Gasteiger partial charge in [-0.3, -0.25) is 4.79 Å². The van der Waals surface area contributed by atoms with Crippen molar-refractivity contribution in [2.45, 2.75) is 19.8 Å². The van der Waals surface area contributed by atoms with Crippen LogP contribution >= 0.6 is 15.9 Å². The van der Waals surface area contributed by atoms with Crippen molar-refractivity contribution in [1.82, 2.24) is 0 Å². The van der Waals surface area contributed by atoms with Gasteiger partial charge in [0.1, 0.15) is 11.6 Å². The Morgan fingerprint density at radius 2 is 1.79 bits per heavy atom. The molecule has 0 saturated heterocycles. The van der Waals surface area contributed by atoms with E-state index in [1.54, 1.807) is 12.1 Å². The second-order valence-corrected chi connectivity index (χ2v) is 5.47. The van der Waals surface area contributed by atoms with Crippen molar-refractivity contribution in [3.05, 3.63) is 69.4 Å². The SMILES string of the molecule is Cc1ccccc1CC(=O)Cc1cc(Br)ccc1F. The highest BCUT2D eigenvalue weighted by atomic mass is 79.9. The Balaban J connectivity index is 2.10. The lowest BCUT2D eigenvalue weighted by Gasteiger charge is -2.06. The van der Waals surface area contributed by atoms with Crippen molar-refractivity contribution < 1.29 is 9.18 Å². The molecule has 98 valence electrons. The minimum absolute atomic E-state index is 0.0197. The van der Waals surface area contributed by atoms with Gasteiger partial charge in [0, 0.05) is 17.3 Å². The second-order valence-electron chi connectivity index (χ2n) is 4.55. The van der Waals surface area contributed by atoms with Crippen molar-refractivity contribution in [1.29, 1.82) is 0 Å². The highest BCUT2D eigenvalue weighted by molar-refractivity contribution is 9.10. The summed E-state index contributed by atoms with van der Waals surface area (Å²) < 4.78 is 14.4. The molecule has 0 heterocycles. The average Bonchev–Trinajstić information content (AvgIpc) is 2.37. The van der Waals surface area contributed by atoms with E-state index in [1.807, 2.05) is 31.2 Å². The molecule has 0 atom stereocenters. The zero-order chi connectivity index (χ0) is 13.8. The first-order chi connectivity index (χ1) is 9.06. The normalized spacial score (nSPS) is 10.5. The first-order valence-corrected chi connectivity index (χ1v) is 6.85. The molecular weight excluding hydrogens is 307 g/mol. The zero-order valence-electron chi connectivity index (χ0n) is 10.6. The Morgan fingerprint density at radius 3 is 2.53 bits per heavy atom. The van der Waals surface area contributed by atoms with Gasteiger partial charge in [-0.2, -0.15) is 0 Å². The summed E-state index contributed by atoms with van der Waals surface area (Å²) in [5.74, 6) is -0.312. The van der Waals surface area contributed by atoms with E-state index >= 15 is 0 Å². The van der Waals surface area contributed by atoms with E-state index in [4.69, 9.17) is 0 Å². The summed E-state index contributed by atoms with van der Waals surface area (Å²) in [5.41, 5.74) is 2.53. The van der Waals surface area contributed by atoms with Gasteiger partial charge in [-0.05, 0) is 41.8 Å². The number of hydrogen-bond acceptors (Lipinski definition) is 1. The number of benzene rings is 2. The molecule has 2 rings (SSSR count). The highest BCUT2D eigenvalue weighted by Gasteiger charge is 2.10. The molecule has 2 aromatic rings. The van der Waals surface area contributed by atoms with E-state index in [9.17, 15) is 9.18 Å². The molecule has 0 N–H and O–H groups in total. The quantitative estimate of drug-likeness (QED) is 0.823. The molecule has 1 nitrogen and oxygen atoms in total. The number of halogens is 2. The summed E-state index contributed by atoms with van der Waals surface area (Å²) in [5, 5.41) is 0. The fourth-order valence-electron chi connectivity index (χ4n) is 1.97. The Bertz CT molecular complexity index is 607. The van der Waals surface area contributed by atoms with E-state index < -0.39 is 0 Å². The highest BCUT2D eigenvalue weighted by Crippen LogP contribution is 2.17. The van der Waals surface area contributed by atoms with E-state index in [1.165, 1.54) is 6.07 Å². The predicted molar refractivity (Wildman–Crippen MR) is 77.7 cm³/mol. The van der Waals surface area contributed by atoms with E-state index in [0.29, 0.717) is 12.0 Å². The molecule has 0 aromatic heterocycles. The molecule has 0 saturated carbocycles. The lowest BCUT2D eigenvalue weighted by atomic mass is 9.99. The van der Waals surface area contributed by atoms with Crippen LogP contribution in [0.15, 0.2) is 46.9 Å². The van der Waals surface area contributed by atoms with Gasteiger partial charge in [-0.15, -0.1) is 0 Å². The number of carbonyl (C=O) groups is 1.